The number of carbonyl (C=O) groups excluding carboxylic acids is 1. The predicted octanol–water partition coefficient (Wildman–Crippen LogP) is 2.90. The molecule has 1 aromatic heterocycles. The fourth-order valence-electron chi connectivity index (χ4n) is 2.75. The van der Waals surface area contributed by atoms with Gasteiger partial charge < -0.3 is 15.5 Å². The highest BCUT2D eigenvalue weighted by Crippen LogP contribution is 2.36. The Hall–Kier alpha value is -2.49. The van der Waals surface area contributed by atoms with Crippen molar-refractivity contribution in [3.63, 3.8) is 0 Å². The molecule has 10 heteroatoms. The number of rotatable bonds is 3. The van der Waals surface area contributed by atoms with E-state index in [-0.39, 0.29) is 11.9 Å². The fraction of sp³-hybridized carbons (Fsp3) is 0.353. The number of hydrogen-bond donors (Lipinski definition) is 1. The normalized spacial score (nSPS) is 15.1. The third-order valence-electron chi connectivity index (χ3n) is 4.19. The molecule has 0 saturated carbocycles. The lowest BCUT2D eigenvalue weighted by atomic mass is 10.2. The zero-order chi connectivity index (χ0) is 19.6. The van der Waals surface area contributed by atoms with Gasteiger partial charge in [-0.15, -0.1) is 0 Å². The van der Waals surface area contributed by atoms with Crippen LogP contribution in [0.15, 0.2) is 40.3 Å². The van der Waals surface area contributed by atoms with Crippen LogP contribution in [-0.2, 0) is 11.0 Å². The van der Waals surface area contributed by atoms with Crippen LogP contribution < -0.4 is 10.6 Å². The van der Waals surface area contributed by atoms with E-state index in [4.69, 9.17) is 5.73 Å². The van der Waals surface area contributed by atoms with Crippen molar-refractivity contribution < 1.29 is 18.0 Å². The summed E-state index contributed by atoms with van der Waals surface area (Å²) in [6.45, 7) is 3.87. The molecule has 3 rings (SSSR count). The summed E-state index contributed by atoms with van der Waals surface area (Å²) >= 11 is 1.27. The molecule has 0 radical (unpaired) electrons. The van der Waals surface area contributed by atoms with Gasteiger partial charge in [0.1, 0.15) is 5.82 Å². The molecule has 6 nitrogen and oxygen atoms in total. The number of alkyl halides is 3. The van der Waals surface area contributed by atoms with Crippen LogP contribution in [0.1, 0.15) is 12.5 Å². The maximum absolute atomic E-state index is 12.7. The number of nitrogens with zero attached hydrogens (tertiary/aromatic N) is 4. The minimum absolute atomic E-state index is 0.0243. The molecule has 0 spiro atoms. The molecule has 0 aliphatic carbocycles. The number of piperazine rings is 1. The number of hydrogen-bond acceptors (Lipinski definition) is 6. The van der Waals surface area contributed by atoms with Crippen molar-refractivity contribution in [1.29, 1.82) is 0 Å². The number of nitrogens with two attached hydrogens (primary N) is 1. The van der Waals surface area contributed by atoms with Gasteiger partial charge in [0, 0.05) is 44.2 Å². The van der Waals surface area contributed by atoms with Gasteiger partial charge in [-0.3, -0.25) is 4.79 Å². The van der Waals surface area contributed by atoms with Crippen LogP contribution >= 0.6 is 11.8 Å². The minimum Gasteiger partial charge on any atom is -0.368 e. The van der Waals surface area contributed by atoms with E-state index >= 15 is 0 Å². The molecule has 2 N–H and O–H groups in total. The first-order valence-electron chi connectivity index (χ1n) is 8.22. The Morgan fingerprint density at radius 3 is 2.33 bits per heavy atom. The summed E-state index contributed by atoms with van der Waals surface area (Å²) < 4.78 is 38.1. The summed E-state index contributed by atoms with van der Waals surface area (Å²) in [7, 11) is 0. The van der Waals surface area contributed by atoms with Crippen molar-refractivity contribution in [3.05, 3.63) is 36.0 Å². The number of benzene rings is 1. The van der Waals surface area contributed by atoms with Gasteiger partial charge in [0.25, 0.3) is 0 Å². The third-order valence-corrected chi connectivity index (χ3v) is 5.20. The molecule has 1 aliphatic heterocycles. The van der Waals surface area contributed by atoms with Gasteiger partial charge in [-0.2, -0.15) is 18.2 Å². The van der Waals surface area contributed by atoms with Gasteiger partial charge >= 0.3 is 6.18 Å². The maximum atomic E-state index is 12.7. The fourth-order valence-corrected chi connectivity index (χ4v) is 3.64. The largest absolute Gasteiger partial charge is 0.416 e. The highest BCUT2D eigenvalue weighted by atomic mass is 32.2. The summed E-state index contributed by atoms with van der Waals surface area (Å²) in [5.41, 5.74) is 5.03. The second-order valence-electron chi connectivity index (χ2n) is 6.03. The molecule has 0 bridgehead atoms. The predicted molar refractivity (Wildman–Crippen MR) is 96.5 cm³/mol. The van der Waals surface area contributed by atoms with Crippen LogP contribution in [0.4, 0.5) is 24.9 Å². The van der Waals surface area contributed by atoms with E-state index in [1.807, 2.05) is 4.90 Å². The molecule has 144 valence electrons. The molecular formula is C17H18F3N5OS. The van der Waals surface area contributed by atoms with Gasteiger partial charge in [0.2, 0.25) is 11.9 Å². The van der Waals surface area contributed by atoms with Crippen molar-refractivity contribution in [2.75, 3.05) is 36.8 Å². The van der Waals surface area contributed by atoms with E-state index in [2.05, 4.69) is 9.97 Å². The summed E-state index contributed by atoms with van der Waals surface area (Å²) in [4.78, 5) is 24.9. The van der Waals surface area contributed by atoms with Crippen molar-refractivity contribution in [2.45, 2.75) is 22.9 Å². The Labute approximate surface area is 158 Å². The molecule has 0 atom stereocenters. The molecular weight excluding hydrogens is 379 g/mol. The van der Waals surface area contributed by atoms with Crippen LogP contribution in [-0.4, -0.2) is 47.0 Å². The monoisotopic (exact) mass is 397 g/mol. The van der Waals surface area contributed by atoms with Crippen molar-refractivity contribution in [2.24, 2.45) is 0 Å². The molecule has 1 saturated heterocycles. The first kappa shape index (κ1) is 19.3. The first-order chi connectivity index (χ1) is 12.7. The molecule has 0 unspecified atom stereocenters. The average Bonchev–Trinajstić information content (AvgIpc) is 2.63. The molecule has 27 heavy (non-hydrogen) atoms. The van der Waals surface area contributed by atoms with Crippen LogP contribution in [0.2, 0.25) is 0 Å². The Kier molecular flexibility index (Phi) is 5.45. The van der Waals surface area contributed by atoms with Crippen molar-refractivity contribution >= 4 is 29.4 Å². The zero-order valence-electron chi connectivity index (χ0n) is 14.5. The van der Waals surface area contributed by atoms with E-state index in [9.17, 15) is 18.0 Å². The Morgan fingerprint density at radius 2 is 1.78 bits per heavy atom. The van der Waals surface area contributed by atoms with E-state index in [1.165, 1.54) is 30.8 Å². The number of carbonyl (C=O) groups is 1. The smallest absolute Gasteiger partial charge is 0.368 e. The van der Waals surface area contributed by atoms with Gasteiger partial charge in [0.05, 0.1) is 10.5 Å². The van der Waals surface area contributed by atoms with Gasteiger partial charge in [-0.25, -0.2) is 4.98 Å². The molecule has 2 aromatic rings. The quantitative estimate of drug-likeness (QED) is 0.858. The summed E-state index contributed by atoms with van der Waals surface area (Å²) in [6, 6.07) is 4.93. The van der Waals surface area contributed by atoms with Crippen LogP contribution in [0.25, 0.3) is 0 Å². The van der Waals surface area contributed by atoms with E-state index < -0.39 is 11.7 Å². The number of aromatic nitrogens is 2. The number of halogens is 3. The standard InChI is InChI=1S/C17H18F3N5OS/c1-11(26)24-6-8-25(9-7-24)15-14(10-22-16(21)23-15)27-13-4-2-12(3-5-13)17(18,19)20/h2-5,10H,6-9H2,1H3,(H2,21,22,23). The van der Waals surface area contributed by atoms with Gasteiger partial charge in [-0.1, -0.05) is 11.8 Å². The van der Waals surface area contributed by atoms with Crippen molar-refractivity contribution in [1.82, 2.24) is 14.9 Å². The average molecular weight is 397 g/mol. The van der Waals surface area contributed by atoms with E-state index in [0.717, 1.165) is 12.1 Å². The Morgan fingerprint density at radius 1 is 1.15 bits per heavy atom. The summed E-state index contributed by atoms with van der Waals surface area (Å²) in [5, 5.41) is 0. The molecule has 1 amide bonds. The summed E-state index contributed by atoms with van der Waals surface area (Å²) in [5.74, 6) is 0.766. The number of nitrogen functional groups attached to an aromatic ring is 1. The first-order valence-corrected chi connectivity index (χ1v) is 9.04. The highest BCUT2D eigenvalue weighted by molar-refractivity contribution is 7.99. The lowest BCUT2D eigenvalue weighted by Crippen LogP contribution is -2.48. The lowest BCUT2D eigenvalue weighted by Gasteiger charge is -2.35. The molecule has 2 heterocycles. The SMILES string of the molecule is CC(=O)N1CCN(c2nc(N)ncc2Sc2ccc(C(F)(F)F)cc2)CC1. The van der Waals surface area contributed by atoms with Gasteiger partial charge in [0.15, 0.2) is 0 Å². The molecule has 1 aromatic carbocycles. The lowest BCUT2D eigenvalue weighted by molar-refractivity contribution is -0.137. The number of anilines is 2. The second-order valence-corrected chi connectivity index (χ2v) is 7.15. The van der Waals surface area contributed by atoms with Crippen LogP contribution in [0, 0.1) is 0 Å². The van der Waals surface area contributed by atoms with Gasteiger partial charge in [-0.05, 0) is 24.3 Å². The summed E-state index contributed by atoms with van der Waals surface area (Å²) in [6.07, 6.45) is -2.80. The molecule has 1 fully saturated rings. The van der Waals surface area contributed by atoms with Crippen LogP contribution in [0.5, 0.6) is 0 Å². The van der Waals surface area contributed by atoms with E-state index in [1.54, 1.807) is 11.1 Å². The Balaban J connectivity index is 1.79. The number of amides is 1. The third kappa shape index (κ3) is 4.62. The van der Waals surface area contributed by atoms with Crippen molar-refractivity contribution in [3.8, 4) is 0 Å². The maximum Gasteiger partial charge on any atom is 0.416 e. The van der Waals surface area contributed by atoms with E-state index in [0.29, 0.717) is 41.8 Å². The minimum atomic E-state index is -4.37. The van der Waals surface area contributed by atoms with Crippen LogP contribution in [0.3, 0.4) is 0 Å². The zero-order valence-corrected chi connectivity index (χ0v) is 15.3. The second kappa shape index (κ2) is 7.63. The molecule has 1 aliphatic rings. The topological polar surface area (TPSA) is 75.4 Å². The Bertz CT molecular complexity index is 820. The highest BCUT2D eigenvalue weighted by Gasteiger charge is 2.30.